The molecule has 0 aliphatic heterocycles. The van der Waals surface area contributed by atoms with Gasteiger partial charge >= 0.3 is 0 Å². The summed E-state index contributed by atoms with van der Waals surface area (Å²) in [5.41, 5.74) is 0. The Hall–Kier alpha value is -0.0800. The van der Waals surface area contributed by atoms with Crippen molar-refractivity contribution in [3.63, 3.8) is 0 Å². The van der Waals surface area contributed by atoms with Gasteiger partial charge in [0.1, 0.15) is 0 Å². The van der Waals surface area contributed by atoms with E-state index in [0.717, 1.165) is 23.9 Å². The van der Waals surface area contributed by atoms with Gasteiger partial charge < -0.3 is 10.2 Å². The van der Waals surface area contributed by atoms with E-state index >= 15 is 0 Å². The SMILES string of the molecule is CNC1CCC(C(C2CCCC2)N(C)C)CC1. The Morgan fingerprint density at radius 1 is 0.882 bits per heavy atom. The van der Waals surface area contributed by atoms with Crippen LogP contribution in [0.4, 0.5) is 0 Å². The van der Waals surface area contributed by atoms with Crippen molar-refractivity contribution in [3.8, 4) is 0 Å². The van der Waals surface area contributed by atoms with E-state index in [0.29, 0.717) is 0 Å². The molecule has 0 radical (unpaired) electrons. The molecule has 0 saturated heterocycles. The number of nitrogens with zero attached hydrogens (tertiary/aromatic N) is 1. The fourth-order valence-corrected chi connectivity index (χ4v) is 4.28. The van der Waals surface area contributed by atoms with Crippen LogP contribution in [0.1, 0.15) is 51.4 Å². The lowest BCUT2D eigenvalue weighted by Gasteiger charge is -2.40. The average Bonchev–Trinajstić information content (AvgIpc) is 2.83. The van der Waals surface area contributed by atoms with Crippen LogP contribution in [0.3, 0.4) is 0 Å². The molecular weight excluding hydrogens is 208 g/mol. The van der Waals surface area contributed by atoms with E-state index in [4.69, 9.17) is 0 Å². The number of rotatable bonds is 4. The summed E-state index contributed by atoms with van der Waals surface area (Å²) in [5, 5.41) is 3.45. The van der Waals surface area contributed by atoms with Gasteiger partial charge in [-0.1, -0.05) is 12.8 Å². The maximum absolute atomic E-state index is 3.45. The molecule has 0 spiro atoms. The molecule has 1 N–H and O–H groups in total. The van der Waals surface area contributed by atoms with Gasteiger partial charge in [0.2, 0.25) is 0 Å². The first-order valence-electron chi connectivity index (χ1n) is 7.56. The minimum atomic E-state index is 0.789. The molecule has 0 aromatic carbocycles. The predicted octanol–water partition coefficient (Wildman–Crippen LogP) is 2.89. The summed E-state index contributed by atoms with van der Waals surface area (Å²) in [4.78, 5) is 2.53. The van der Waals surface area contributed by atoms with Crippen molar-refractivity contribution < 1.29 is 0 Å². The van der Waals surface area contributed by atoms with Crippen LogP contribution in [-0.2, 0) is 0 Å². The largest absolute Gasteiger partial charge is 0.317 e. The van der Waals surface area contributed by atoms with Crippen LogP contribution in [0.15, 0.2) is 0 Å². The molecule has 2 aliphatic rings. The molecular formula is C15H30N2. The molecule has 0 aromatic rings. The maximum atomic E-state index is 3.45. The summed E-state index contributed by atoms with van der Waals surface area (Å²) >= 11 is 0. The standard InChI is InChI=1S/C15H30N2/c1-16-14-10-8-13(9-11-14)15(17(2)3)12-6-4-5-7-12/h12-16H,4-11H2,1-3H3. The molecule has 0 heterocycles. The predicted molar refractivity (Wildman–Crippen MR) is 74.2 cm³/mol. The molecule has 2 fully saturated rings. The highest BCUT2D eigenvalue weighted by atomic mass is 15.1. The summed E-state index contributed by atoms with van der Waals surface area (Å²) in [6.45, 7) is 0. The zero-order valence-electron chi connectivity index (χ0n) is 11.9. The fourth-order valence-electron chi connectivity index (χ4n) is 4.28. The van der Waals surface area contributed by atoms with Crippen molar-refractivity contribution in [2.24, 2.45) is 11.8 Å². The smallest absolute Gasteiger partial charge is 0.0146 e. The van der Waals surface area contributed by atoms with Gasteiger partial charge in [-0.15, -0.1) is 0 Å². The second-order valence-electron chi connectivity index (χ2n) is 6.40. The van der Waals surface area contributed by atoms with Crippen LogP contribution in [0.2, 0.25) is 0 Å². The summed E-state index contributed by atoms with van der Waals surface area (Å²) < 4.78 is 0. The lowest BCUT2D eigenvalue weighted by molar-refractivity contribution is 0.107. The van der Waals surface area contributed by atoms with Crippen molar-refractivity contribution in [2.45, 2.75) is 63.5 Å². The quantitative estimate of drug-likeness (QED) is 0.810. The number of hydrogen-bond acceptors (Lipinski definition) is 2. The first-order valence-corrected chi connectivity index (χ1v) is 7.56. The monoisotopic (exact) mass is 238 g/mol. The van der Waals surface area contributed by atoms with E-state index in [9.17, 15) is 0 Å². The molecule has 0 aromatic heterocycles. The second kappa shape index (κ2) is 6.19. The van der Waals surface area contributed by atoms with E-state index in [1.54, 1.807) is 0 Å². The van der Waals surface area contributed by atoms with E-state index in [1.165, 1.54) is 51.4 Å². The molecule has 2 rings (SSSR count). The Labute approximate surface area is 107 Å². The highest BCUT2D eigenvalue weighted by Gasteiger charge is 2.34. The topological polar surface area (TPSA) is 15.3 Å². The average molecular weight is 238 g/mol. The van der Waals surface area contributed by atoms with Crippen LogP contribution < -0.4 is 5.32 Å². The lowest BCUT2D eigenvalue weighted by Crippen LogP contribution is -2.43. The molecule has 2 heteroatoms. The summed E-state index contributed by atoms with van der Waals surface area (Å²) in [6.07, 6.45) is 11.6. The van der Waals surface area contributed by atoms with Gasteiger partial charge in [-0.2, -0.15) is 0 Å². The second-order valence-corrected chi connectivity index (χ2v) is 6.40. The lowest BCUT2D eigenvalue weighted by atomic mass is 9.76. The van der Waals surface area contributed by atoms with Gasteiger partial charge in [0.15, 0.2) is 0 Å². The first kappa shape index (κ1) is 13.4. The molecule has 17 heavy (non-hydrogen) atoms. The van der Waals surface area contributed by atoms with Crippen molar-refractivity contribution >= 4 is 0 Å². The van der Waals surface area contributed by atoms with E-state index in [-0.39, 0.29) is 0 Å². The van der Waals surface area contributed by atoms with Gasteiger partial charge in [-0.3, -0.25) is 0 Å². The van der Waals surface area contributed by atoms with Crippen molar-refractivity contribution in [3.05, 3.63) is 0 Å². The molecule has 0 bridgehead atoms. The van der Waals surface area contributed by atoms with Crippen LogP contribution in [0.5, 0.6) is 0 Å². The van der Waals surface area contributed by atoms with Crippen molar-refractivity contribution in [1.82, 2.24) is 10.2 Å². The van der Waals surface area contributed by atoms with Gasteiger partial charge in [-0.05, 0) is 71.5 Å². The Morgan fingerprint density at radius 2 is 1.41 bits per heavy atom. The normalized spacial score (nSPS) is 33.2. The van der Waals surface area contributed by atoms with Gasteiger partial charge in [-0.25, -0.2) is 0 Å². The summed E-state index contributed by atoms with van der Waals surface area (Å²) in [6, 6.07) is 1.65. The third kappa shape index (κ3) is 3.23. The molecule has 1 unspecified atom stereocenters. The number of nitrogens with one attached hydrogen (secondary N) is 1. The molecule has 2 saturated carbocycles. The van der Waals surface area contributed by atoms with Gasteiger partial charge in [0.05, 0.1) is 0 Å². The van der Waals surface area contributed by atoms with E-state index in [2.05, 4.69) is 31.4 Å². The van der Waals surface area contributed by atoms with E-state index in [1.807, 2.05) is 0 Å². The van der Waals surface area contributed by atoms with Gasteiger partial charge in [0, 0.05) is 12.1 Å². The minimum Gasteiger partial charge on any atom is -0.317 e. The number of hydrogen-bond donors (Lipinski definition) is 1. The van der Waals surface area contributed by atoms with Crippen LogP contribution in [0.25, 0.3) is 0 Å². The third-order valence-electron chi connectivity index (χ3n) is 5.14. The van der Waals surface area contributed by atoms with Crippen molar-refractivity contribution in [1.29, 1.82) is 0 Å². The highest BCUT2D eigenvalue weighted by molar-refractivity contribution is 4.89. The van der Waals surface area contributed by atoms with E-state index < -0.39 is 0 Å². The molecule has 0 amide bonds. The van der Waals surface area contributed by atoms with Crippen LogP contribution in [0, 0.1) is 11.8 Å². The van der Waals surface area contributed by atoms with Gasteiger partial charge in [0.25, 0.3) is 0 Å². The highest BCUT2D eigenvalue weighted by Crippen LogP contribution is 2.38. The maximum Gasteiger partial charge on any atom is 0.0146 e. The summed E-state index contributed by atoms with van der Waals surface area (Å²) in [7, 11) is 6.71. The molecule has 100 valence electrons. The minimum absolute atomic E-state index is 0.789. The molecule has 2 nitrogen and oxygen atoms in total. The zero-order valence-corrected chi connectivity index (χ0v) is 11.9. The van der Waals surface area contributed by atoms with Crippen molar-refractivity contribution in [2.75, 3.05) is 21.1 Å². The zero-order chi connectivity index (χ0) is 12.3. The Kier molecular flexibility index (Phi) is 4.87. The fraction of sp³-hybridized carbons (Fsp3) is 1.00. The third-order valence-corrected chi connectivity index (χ3v) is 5.14. The molecule has 2 aliphatic carbocycles. The molecule has 1 atom stereocenters. The Balaban J connectivity index is 1.92. The van der Waals surface area contributed by atoms with Crippen LogP contribution >= 0.6 is 0 Å². The Bertz CT molecular complexity index is 213. The van der Waals surface area contributed by atoms with Crippen LogP contribution in [-0.4, -0.2) is 38.1 Å². The Morgan fingerprint density at radius 3 is 1.88 bits per heavy atom. The summed E-state index contributed by atoms with van der Waals surface area (Å²) in [5.74, 6) is 1.94. The first-order chi connectivity index (χ1) is 8.22.